The summed E-state index contributed by atoms with van der Waals surface area (Å²) in [5.74, 6) is -1.47. The zero-order valence-electron chi connectivity index (χ0n) is 21.9. The van der Waals surface area contributed by atoms with Crippen molar-refractivity contribution in [3.8, 4) is 17.2 Å². The Kier molecular flexibility index (Phi) is 6.98. The molecule has 35 heavy (non-hydrogen) atoms. The van der Waals surface area contributed by atoms with E-state index >= 15 is 8.78 Å². The van der Waals surface area contributed by atoms with Crippen molar-refractivity contribution in [2.24, 2.45) is 5.41 Å². The molecule has 0 amide bonds. The van der Waals surface area contributed by atoms with Gasteiger partial charge in [-0.2, -0.15) is 5.26 Å². The zero-order valence-corrected chi connectivity index (χ0v) is 21.9. The number of rotatable bonds is 7. The number of hydrogen-bond acceptors (Lipinski definition) is 1. The van der Waals surface area contributed by atoms with Crippen LogP contribution in [0.2, 0.25) is 0 Å². The zero-order chi connectivity index (χ0) is 25.4. The summed E-state index contributed by atoms with van der Waals surface area (Å²) in [6.45, 7) is 12.9. The van der Waals surface area contributed by atoms with E-state index in [9.17, 15) is 5.26 Å². The van der Waals surface area contributed by atoms with Crippen LogP contribution in [0.4, 0.5) is 8.78 Å². The van der Waals surface area contributed by atoms with Crippen LogP contribution >= 0.6 is 0 Å². The second-order valence-corrected chi connectivity index (χ2v) is 11.8. The normalized spacial score (nSPS) is 24.8. The molecule has 0 bridgehead atoms. The lowest BCUT2D eigenvalue weighted by Crippen LogP contribution is -2.48. The highest BCUT2D eigenvalue weighted by atomic mass is 19.1. The van der Waals surface area contributed by atoms with Gasteiger partial charge in [0.1, 0.15) is 17.4 Å². The smallest absolute Gasteiger partial charge is 0.152 e. The van der Waals surface area contributed by atoms with Gasteiger partial charge in [-0.3, -0.25) is 0 Å². The van der Waals surface area contributed by atoms with Crippen molar-refractivity contribution in [2.75, 3.05) is 0 Å². The maximum Gasteiger partial charge on any atom is 0.152 e. The van der Waals surface area contributed by atoms with Crippen LogP contribution in [0, 0.1) is 28.4 Å². The predicted molar refractivity (Wildman–Crippen MR) is 140 cm³/mol. The number of halogens is 2. The van der Waals surface area contributed by atoms with Crippen molar-refractivity contribution < 1.29 is 8.78 Å². The van der Waals surface area contributed by atoms with Crippen LogP contribution in [0.3, 0.4) is 0 Å². The van der Waals surface area contributed by atoms with E-state index in [4.69, 9.17) is 0 Å². The third-order valence-electron chi connectivity index (χ3n) is 9.38. The first-order valence-electron chi connectivity index (χ1n) is 13.3. The molecule has 0 heterocycles. The molecule has 3 heteroatoms. The van der Waals surface area contributed by atoms with E-state index in [1.54, 1.807) is 6.07 Å². The molecule has 0 saturated heterocycles. The SMILES string of the molecule is C=CCC[C@]1(C)c2ccc(CC3(C)CCCCC3)cc2-c2c(cc(F)c(C#N)c2F)C1(C)CCC. The largest absolute Gasteiger partial charge is 0.205 e. The molecule has 2 aliphatic carbocycles. The monoisotopic (exact) mass is 475 g/mol. The minimum absolute atomic E-state index is 0.256. The molecular formula is C32H39F2N. The molecule has 1 unspecified atom stereocenters. The lowest BCUT2D eigenvalue weighted by molar-refractivity contribution is 0.212. The molecular weight excluding hydrogens is 436 g/mol. The standard InChI is InChI=1S/C32H39F2N/c1-6-8-17-32(5)25-13-12-22(20-30(3)15-10-9-11-16-30)18-23(25)28-26(31(32,4)14-7-2)19-27(33)24(21-35)29(28)34/h6,12-13,18-19H,1,7-11,14-17,20H2,2-5H3/t31?,32-/m1/s1. The van der Waals surface area contributed by atoms with Gasteiger partial charge >= 0.3 is 0 Å². The van der Waals surface area contributed by atoms with Gasteiger partial charge in [-0.1, -0.05) is 77.7 Å². The van der Waals surface area contributed by atoms with E-state index in [0.717, 1.165) is 43.2 Å². The predicted octanol–water partition coefficient (Wildman–Crippen LogP) is 9.31. The molecule has 0 aromatic heterocycles. The molecule has 1 fully saturated rings. The molecule has 186 valence electrons. The van der Waals surface area contributed by atoms with Gasteiger partial charge in [-0.15, -0.1) is 6.58 Å². The van der Waals surface area contributed by atoms with Crippen LogP contribution in [0.25, 0.3) is 11.1 Å². The van der Waals surface area contributed by atoms with E-state index in [2.05, 4.69) is 52.5 Å². The Morgan fingerprint density at radius 3 is 2.31 bits per heavy atom. The summed E-state index contributed by atoms with van der Waals surface area (Å²) in [6, 6.07) is 9.81. The van der Waals surface area contributed by atoms with E-state index in [-0.39, 0.29) is 10.8 Å². The molecule has 2 aromatic carbocycles. The molecule has 0 N–H and O–H groups in total. The number of benzene rings is 2. The lowest BCUT2D eigenvalue weighted by Gasteiger charge is -2.53. The summed E-state index contributed by atoms with van der Waals surface area (Å²) in [7, 11) is 0. The number of fused-ring (bicyclic) bond motifs is 3. The molecule has 0 radical (unpaired) electrons. The lowest BCUT2D eigenvalue weighted by atomic mass is 9.50. The van der Waals surface area contributed by atoms with Gasteiger partial charge in [-0.05, 0) is 72.3 Å². The summed E-state index contributed by atoms with van der Waals surface area (Å²) in [5, 5.41) is 9.56. The van der Waals surface area contributed by atoms with Gasteiger partial charge in [0.15, 0.2) is 5.82 Å². The minimum atomic E-state index is -0.758. The highest BCUT2D eigenvalue weighted by molar-refractivity contribution is 5.80. The van der Waals surface area contributed by atoms with Gasteiger partial charge in [0, 0.05) is 16.4 Å². The quantitative estimate of drug-likeness (QED) is 0.366. The second kappa shape index (κ2) is 9.53. The molecule has 0 aliphatic heterocycles. The molecule has 1 saturated carbocycles. The van der Waals surface area contributed by atoms with Crippen LogP contribution in [0.15, 0.2) is 36.9 Å². The van der Waals surface area contributed by atoms with Gasteiger partial charge in [0.2, 0.25) is 0 Å². The Hall–Kier alpha value is -2.47. The summed E-state index contributed by atoms with van der Waals surface area (Å²) in [4.78, 5) is 0. The Morgan fingerprint density at radius 1 is 1.00 bits per heavy atom. The first-order valence-corrected chi connectivity index (χ1v) is 13.3. The van der Waals surface area contributed by atoms with Crippen LogP contribution < -0.4 is 0 Å². The average Bonchev–Trinajstić information content (AvgIpc) is 2.82. The van der Waals surface area contributed by atoms with Gasteiger partial charge < -0.3 is 0 Å². The van der Waals surface area contributed by atoms with E-state index in [1.165, 1.54) is 43.7 Å². The van der Waals surface area contributed by atoms with Crippen LogP contribution in [-0.4, -0.2) is 0 Å². The van der Waals surface area contributed by atoms with Gasteiger partial charge in [0.05, 0.1) is 0 Å². The fraction of sp³-hybridized carbons (Fsp3) is 0.531. The molecule has 2 aliphatic rings. The van der Waals surface area contributed by atoms with Gasteiger partial charge in [-0.25, -0.2) is 8.78 Å². The first-order chi connectivity index (χ1) is 16.6. The number of nitriles is 1. The molecule has 0 spiro atoms. The topological polar surface area (TPSA) is 23.8 Å². The summed E-state index contributed by atoms with van der Waals surface area (Å²) >= 11 is 0. The molecule has 1 nitrogen and oxygen atoms in total. The Morgan fingerprint density at radius 2 is 1.69 bits per heavy atom. The Balaban J connectivity index is 1.98. The first kappa shape index (κ1) is 25.6. The average molecular weight is 476 g/mol. The highest BCUT2D eigenvalue weighted by Crippen LogP contribution is 2.59. The van der Waals surface area contributed by atoms with E-state index in [0.29, 0.717) is 11.1 Å². The summed E-state index contributed by atoms with van der Waals surface area (Å²) in [5.41, 5.74) is 3.26. The van der Waals surface area contributed by atoms with Crippen molar-refractivity contribution in [3.63, 3.8) is 0 Å². The van der Waals surface area contributed by atoms with Crippen molar-refractivity contribution in [1.29, 1.82) is 5.26 Å². The van der Waals surface area contributed by atoms with Crippen molar-refractivity contribution in [3.05, 3.63) is 70.8 Å². The maximum atomic E-state index is 16.0. The maximum absolute atomic E-state index is 16.0. The van der Waals surface area contributed by atoms with Gasteiger partial charge in [0.25, 0.3) is 0 Å². The fourth-order valence-electron chi connectivity index (χ4n) is 7.19. The third-order valence-corrected chi connectivity index (χ3v) is 9.38. The molecule has 2 aromatic rings. The Bertz CT molecular complexity index is 1170. The van der Waals surface area contributed by atoms with Crippen LogP contribution in [0.5, 0.6) is 0 Å². The van der Waals surface area contributed by atoms with Crippen molar-refractivity contribution in [2.45, 2.75) is 103 Å². The molecule has 2 atom stereocenters. The summed E-state index contributed by atoms with van der Waals surface area (Å²) in [6.07, 6.45) is 12.5. The van der Waals surface area contributed by atoms with Crippen molar-refractivity contribution in [1.82, 2.24) is 0 Å². The Labute approximate surface area is 210 Å². The summed E-state index contributed by atoms with van der Waals surface area (Å²) < 4.78 is 31.0. The second-order valence-electron chi connectivity index (χ2n) is 11.8. The highest BCUT2D eigenvalue weighted by Gasteiger charge is 2.52. The van der Waals surface area contributed by atoms with E-state index < -0.39 is 22.6 Å². The number of hydrogen-bond donors (Lipinski definition) is 0. The number of nitrogens with zero attached hydrogens (tertiary/aromatic N) is 1. The number of allylic oxidation sites excluding steroid dienone is 1. The van der Waals surface area contributed by atoms with Crippen LogP contribution in [0.1, 0.15) is 108 Å². The fourth-order valence-corrected chi connectivity index (χ4v) is 7.19. The third kappa shape index (κ3) is 4.14. The molecule has 4 rings (SSSR count). The van der Waals surface area contributed by atoms with Crippen LogP contribution in [-0.2, 0) is 17.3 Å². The van der Waals surface area contributed by atoms with E-state index in [1.807, 2.05) is 6.08 Å². The minimum Gasteiger partial charge on any atom is -0.205 e. The van der Waals surface area contributed by atoms with Crippen molar-refractivity contribution >= 4 is 0 Å².